The summed E-state index contributed by atoms with van der Waals surface area (Å²) in [6, 6.07) is 5.52. The lowest BCUT2D eigenvalue weighted by atomic mass is 9.77. The van der Waals surface area contributed by atoms with Gasteiger partial charge in [0.1, 0.15) is 11.5 Å². The van der Waals surface area contributed by atoms with Crippen LogP contribution < -0.4 is 10.5 Å². The molecule has 1 saturated carbocycles. The van der Waals surface area contributed by atoms with E-state index in [9.17, 15) is 12.8 Å². The molecule has 0 unspecified atom stereocenters. The van der Waals surface area contributed by atoms with Crippen molar-refractivity contribution in [1.29, 1.82) is 0 Å². The number of anilines is 2. The smallest absolute Gasteiger partial charge is 0.238 e. The fourth-order valence-corrected chi connectivity index (χ4v) is 5.35. The standard InChI is InChI=1S/C21H23FN6O2S/c1-13-21(7-3-2-4-8-21)28-15(12-24-13)9-14-11-25-20(27-19(14)28)26-18-6-5-16(10-17(18)22)31(23,29)30/h5-6,9-11H,2-4,7-8,12H2,1H3,(H2,23,29,30)(H,25,26,27). The average Bonchev–Trinajstić information content (AvgIpc) is 3.11. The Hall–Kier alpha value is -2.85. The number of hydrogen-bond donors (Lipinski definition) is 2. The largest absolute Gasteiger partial charge is 0.322 e. The third kappa shape index (κ3) is 3.30. The maximum absolute atomic E-state index is 14.5. The highest BCUT2D eigenvalue weighted by Crippen LogP contribution is 2.42. The van der Waals surface area contributed by atoms with Crippen LogP contribution in [0.1, 0.15) is 44.7 Å². The van der Waals surface area contributed by atoms with E-state index in [1.165, 1.54) is 18.6 Å². The maximum atomic E-state index is 14.5. The van der Waals surface area contributed by atoms with Crippen molar-refractivity contribution in [2.24, 2.45) is 10.1 Å². The fourth-order valence-electron chi connectivity index (χ4n) is 4.82. The summed E-state index contributed by atoms with van der Waals surface area (Å²) < 4.78 is 39.6. The summed E-state index contributed by atoms with van der Waals surface area (Å²) in [4.78, 5) is 13.6. The van der Waals surface area contributed by atoms with Crippen LogP contribution in [0.15, 0.2) is 40.4 Å². The highest BCUT2D eigenvalue weighted by Gasteiger charge is 2.41. The molecule has 0 amide bonds. The third-order valence-corrected chi connectivity index (χ3v) is 7.30. The normalized spacial score (nSPS) is 18.1. The molecular weight excluding hydrogens is 419 g/mol. The minimum absolute atomic E-state index is 0.0716. The molecule has 1 aromatic carbocycles. The average molecular weight is 443 g/mol. The quantitative estimate of drug-likeness (QED) is 0.643. The number of fused-ring (bicyclic) bond motifs is 4. The summed E-state index contributed by atoms with van der Waals surface area (Å²) in [5.74, 6) is -0.513. The highest BCUT2D eigenvalue weighted by molar-refractivity contribution is 7.89. The second-order valence-electron chi connectivity index (χ2n) is 8.25. The zero-order chi connectivity index (χ0) is 21.8. The Morgan fingerprint density at radius 2 is 1.97 bits per heavy atom. The number of halogens is 1. The summed E-state index contributed by atoms with van der Waals surface area (Å²) in [7, 11) is -3.98. The number of primary sulfonamides is 1. The molecule has 2 aliphatic rings. The topological polar surface area (TPSA) is 115 Å². The van der Waals surface area contributed by atoms with Crippen LogP contribution in [0.5, 0.6) is 0 Å². The van der Waals surface area contributed by atoms with Crippen molar-refractivity contribution in [2.45, 2.75) is 56.0 Å². The van der Waals surface area contributed by atoms with E-state index in [1.54, 1.807) is 6.20 Å². The lowest BCUT2D eigenvalue weighted by Crippen LogP contribution is -2.45. The van der Waals surface area contributed by atoms with E-state index in [1.807, 2.05) is 0 Å². The zero-order valence-electron chi connectivity index (χ0n) is 17.1. The molecule has 3 N–H and O–H groups in total. The van der Waals surface area contributed by atoms with Gasteiger partial charge >= 0.3 is 0 Å². The number of hydrogen-bond acceptors (Lipinski definition) is 6. The minimum atomic E-state index is -3.98. The summed E-state index contributed by atoms with van der Waals surface area (Å²) in [5, 5.41) is 8.85. The molecule has 31 heavy (non-hydrogen) atoms. The van der Waals surface area contributed by atoms with E-state index in [0.29, 0.717) is 6.54 Å². The van der Waals surface area contributed by atoms with E-state index in [2.05, 4.69) is 27.9 Å². The summed E-state index contributed by atoms with van der Waals surface area (Å²) in [6.07, 6.45) is 7.27. The first-order valence-electron chi connectivity index (χ1n) is 10.3. The van der Waals surface area contributed by atoms with Crippen LogP contribution >= 0.6 is 0 Å². The van der Waals surface area contributed by atoms with Gasteiger partial charge in [0.25, 0.3) is 0 Å². The Morgan fingerprint density at radius 1 is 1.19 bits per heavy atom. The Kier molecular flexibility index (Phi) is 4.60. The summed E-state index contributed by atoms with van der Waals surface area (Å²) >= 11 is 0. The maximum Gasteiger partial charge on any atom is 0.238 e. The molecule has 1 fully saturated rings. The lowest BCUT2D eigenvalue weighted by molar-refractivity contribution is 0.274. The van der Waals surface area contributed by atoms with Gasteiger partial charge in [0.2, 0.25) is 16.0 Å². The fraction of sp³-hybridized carbons (Fsp3) is 0.381. The summed E-state index contributed by atoms with van der Waals surface area (Å²) in [6.45, 7) is 2.71. The van der Waals surface area contributed by atoms with Gasteiger partial charge in [0.15, 0.2) is 0 Å². The molecule has 1 aliphatic carbocycles. The third-order valence-electron chi connectivity index (χ3n) is 6.39. The number of aromatic nitrogens is 3. The van der Waals surface area contributed by atoms with Crippen LogP contribution in [0, 0.1) is 5.82 Å². The van der Waals surface area contributed by atoms with Crippen LogP contribution in [-0.4, -0.2) is 28.7 Å². The summed E-state index contributed by atoms with van der Waals surface area (Å²) in [5.41, 5.74) is 2.95. The SMILES string of the molecule is CC1=NCc2cc3cnc(Nc4ccc(S(N)(=O)=O)cc4F)nc3n2C12CCCCC2. The molecule has 1 spiro atoms. The number of sulfonamides is 1. The van der Waals surface area contributed by atoms with Crippen LogP contribution in [0.4, 0.5) is 16.0 Å². The van der Waals surface area contributed by atoms with E-state index >= 15 is 0 Å². The van der Waals surface area contributed by atoms with Gasteiger partial charge in [0.05, 0.1) is 22.7 Å². The number of nitrogens with two attached hydrogens (primary N) is 1. The molecule has 1 aliphatic heterocycles. The molecular formula is C21H23FN6O2S. The molecule has 5 rings (SSSR count). The van der Waals surface area contributed by atoms with Gasteiger partial charge in [0, 0.05) is 23.0 Å². The van der Waals surface area contributed by atoms with Crippen molar-refractivity contribution in [2.75, 3.05) is 5.32 Å². The van der Waals surface area contributed by atoms with Crippen LogP contribution in [-0.2, 0) is 22.1 Å². The molecule has 0 atom stereocenters. The van der Waals surface area contributed by atoms with Crippen molar-refractivity contribution >= 4 is 38.4 Å². The molecule has 162 valence electrons. The first kappa shape index (κ1) is 20.1. The van der Waals surface area contributed by atoms with Gasteiger partial charge in [-0.05, 0) is 44.0 Å². The Morgan fingerprint density at radius 3 is 2.68 bits per heavy atom. The van der Waals surface area contributed by atoms with Gasteiger partial charge in [-0.25, -0.2) is 22.9 Å². The van der Waals surface area contributed by atoms with E-state index < -0.39 is 15.8 Å². The van der Waals surface area contributed by atoms with Gasteiger partial charge in [-0.1, -0.05) is 19.3 Å². The second kappa shape index (κ2) is 7.10. The molecule has 0 saturated heterocycles. The zero-order valence-corrected chi connectivity index (χ0v) is 17.9. The second-order valence-corrected chi connectivity index (χ2v) is 9.81. The van der Waals surface area contributed by atoms with Crippen molar-refractivity contribution in [3.63, 3.8) is 0 Å². The van der Waals surface area contributed by atoms with E-state index in [4.69, 9.17) is 15.1 Å². The van der Waals surface area contributed by atoms with Crippen LogP contribution in [0.25, 0.3) is 11.0 Å². The number of nitrogens with one attached hydrogen (secondary N) is 1. The molecule has 8 nitrogen and oxygen atoms in total. The van der Waals surface area contributed by atoms with Crippen molar-refractivity contribution < 1.29 is 12.8 Å². The van der Waals surface area contributed by atoms with Crippen LogP contribution in [0.3, 0.4) is 0 Å². The Bertz CT molecular complexity index is 1330. The van der Waals surface area contributed by atoms with Crippen molar-refractivity contribution in [1.82, 2.24) is 14.5 Å². The van der Waals surface area contributed by atoms with Gasteiger partial charge in [-0.2, -0.15) is 4.98 Å². The van der Waals surface area contributed by atoms with Crippen LogP contribution in [0.2, 0.25) is 0 Å². The van der Waals surface area contributed by atoms with Crippen molar-refractivity contribution in [3.05, 3.63) is 42.0 Å². The number of rotatable bonds is 3. The molecule has 0 bridgehead atoms. The van der Waals surface area contributed by atoms with E-state index in [0.717, 1.165) is 54.2 Å². The van der Waals surface area contributed by atoms with Gasteiger partial charge < -0.3 is 9.88 Å². The predicted octanol–water partition coefficient (Wildman–Crippen LogP) is 3.60. The first-order valence-corrected chi connectivity index (χ1v) is 11.8. The molecule has 3 heterocycles. The Labute approximate surface area is 179 Å². The molecule has 0 radical (unpaired) electrons. The number of nitrogens with zero attached hydrogens (tertiary/aromatic N) is 4. The van der Waals surface area contributed by atoms with Gasteiger partial charge in [-0.15, -0.1) is 0 Å². The molecule has 10 heteroatoms. The molecule has 2 aromatic heterocycles. The highest BCUT2D eigenvalue weighted by atomic mass is 32.2. The minimum Gasteiger partial charge on any atom is -0.322 e. The monoisotopic (exact) mass is 442 g/mol. The number of aliphatic imine (C=N–C) groups is 1. The first-order chi connectivity index (χ1) is 14.8. The lowest BCUT2D eigenvalue weighted by Gasteiger charge is -2.42. The van der Waals surface area contributed by atoms with Gasteiger partial charge in [-0.3, -0.25) is 4.99 Å². The number of benzene rings is 1. The van der Waals surface area contributed by atoms with E-state index in [-0.39, 0.29) is 22.1 Å². The van der Waals surface area contributed by atoms with Crippen molar-refractivity contribution in [3.8, 4) is 0 Å². The molecule has 3 aromatic rings. The predicted molar refractivity (Wildman–Crippen MR) is 116 cm³/mol. The Balaban J connectivity index is 1.56.